The molecule has 8 nitrogen and oxygen atoms in total. The molecule has 0 aliphatic carbocycles. The molecule has 2 rings (SSSR count). The molecule has 136 valence electrons. The van der Waals surface area contributed by atoms with Crippen molar-refractivity contribution in [2.45, 2.75) is 9.79 Å². The Morgan fingerprint density at radius 3 is 1.52 bits per heavy atom. The molecule has 0 aromatic heterocycles. The fourth-order valence-electron chi connectivity index (χ4n) is 1.93. The van der Waals surface area contributed by atoms with E-state index in [1.54, 1.807) is 6.07 Å². The Morgan fingerprint density at radius 1 is 0.640 bits per heavy atom. The highest BCUT2D eigenvalue weighted by Gasteiger charge is 2.18. The van der Waals surface area contributed by atoms with Gasteiger partial charge in [-0.1, -0.05) is 12.1 Å². The highest BCUT2D eigenvalue weighted by atomic mass is 32.2. The molecule has 0 bridgehead atoms. The SMILES string of the molecule is CS(=O)(=O)Nc1ccccc1NS(=O)(=O)c1ccc(S(C)(=O)=O)cc1. The second kappa shape index (κ2) is 6.65. The molecule has 0 spiro atoms. The van der Waals surface area contributed by atoms with E-state index >= 15 is 0 Å². The van der Waals surface area contributed by atoms with Gasteiger partial charge in [-0.05, 0) is 36.4 Å². The van der Waals surface area contributed by atoms with Gasteiger partial charge in [0.05, 0.1) is 27.4 Å². The normalized spacial score (nSPS) is 12.6. The third-order valence-corrected chi connectivity index (χ3v) is 6.13. The van der Waals surface area contributed by atoms with Gasteiger partial charge in [0, 0.05) is 6.26 Å². The fourth-order valence-corrected chi connectivity index (χ4v) is 4.22. The Hall–Kier alpha value is -2.11. The first kappa shape index (κ1) is 19.2. The summed E-state index contributed by atoms with van der Waals surface area (Å²) in [6.45, 7) is 0. The summed E-state index contributed by atoms with van der Waals surface area (Å²) in [6, 6.07) is 10.6. The molecule has 0 unspecified atom stereocenters. The van der Waals surface area contributed by atoms with Gasteiger partial charge in [0.2, 0.25) is 10.0 Å². The van der Waals surface area contributed by atoms with Gasteiger partial charge in [-0.15, -0.1) is 0 Å². The topological polar surface area (TPSA) is 126 Å². The summed E-state index contributed by atoms with van der Waals surface area (Å²) in [5, 5.41) is 0. The Bertz CT molecular complexity index is 1090. The minimum atomic E-state index is -4.03. The Labute approximate surface area is 146 Å². The fraction of sp³-hybridized carbons (Fsp3) is 0.143. The zero-order valence-corrected chi connectivity index (χ0v) is 15.7. The molecule has 0 saturated carbocycles. The smallest absolute Gasteiger partial charge is 0.261 e. The summed E-state index contributed by atoms with van der Waals surface area (Å²) >= 11 is 0. The van der Waals surface area contributed by atoms with E-state index in [0.717, 1.165) is 24.6 Å². The van der Waals surface area contributed by atoms with Crippen LogP contribution in [0, 0.1) is 0 Å². The number of para-hydroxylation sites is 2. The lowest BCUT2D eigenvalue weighted by atomic mass is 10.3. The van der Waals surface area contributed by atoms with Crippen molar-refractivity contribution in [1.29, 1.82) is 0 Å². The summed E-state index contributed by atoms with van der Waals surface area (Å²) in [5.74, 6) is 0. The van der Waals surface area contributed by atoms with E-state index in [9.17, 15) is 25.3 Å². The van der Waals surface area contributed by atoms with Crippen molar-refractivity contribution >= 4 is 41.3 Å². The first-order valence-electron chi connectivity index (χ1n) is 6.78. The van der Waals surface area contributed by atoms with Crippen molar-refractivity contribution in [1.82, 2.24) is 0 Å². The number of hydrogen-bond acceptors (Lipinski definition) is 6. The summed E-state index contributed by atoms with van der Waals surface area (Å²) in [4.78, 5) is -0.167. The standard InChI is InChI=1S/C14H16N2O6S3/c1-23(17,18)11-7-9-12(10-8-11)25(21,22)16-14-6-4-3-5-13(14)15-24(2,19)20/h3-10,15-16H,1-2H3. The van der Waals surface area contributed by atoms with Crippen LogP contribution in [0.3, 0.4) is 0 Å². The second-order valence-corrected chi connectivity index (χ2v) is 10.7. The van der Waals surface area contributed by atoms with Gasteiger partial charge in [0.1, 0.15) is 0 Å². The molecular formula is C14H16N2O6S3. The third kappa shape index (κ3) is 5.18. The number of sulfone groups is 1. The van der Waals surface area contributed by atoms with Crippen LogP contribution in [0.2, 0.25) is 0 Å². The zero-order chi connectivity index (χ0) is 18.9. The molecule has 0 aliphatic rings. The quantitative estimate of drug-likeness (QED) is 0.746. The first-order chi connectivity index (χ1) is 11.4. The van der Waals surface area contributed by atoms with Crippen molar-refractivity contribution in [2.24, 2.45) is 0 Å². The average molecular weight is 404 g/mol. The highest BCUT2D eigenvalue weighted by Crippen LogP contribution is 2.25. The summed E-state index contributed by atoms with van der Waals surface area (Å²) in [5.41, 5.74) is 0.112. The van der Waals surface area contributed by atoms with Crippen molar-refractivity contribution in [2.75, 3.05) is 22.0 Å². The van der Waals surface area contributed by atoms with Crippen LogP contribution in [-0.4, -0.2) is 37.8 Å². The monoisotopic (exact) mass is 404 g/mol. The highest BCUT2D eigenvalue weighted by molar-refractivity contribution is 7.93. The van der Waals surface area contributed by atoms with Gasteiger partial charge in [-0.2, -0.15) is 0 Å². The van der Waals surface area contributed by atoms with Crippen LogP contribution < -0.4 is 9.44 Å². The Balaban J connectivity index is 2.37. The van der Waals surface area contributed by atoms with E-state index in [1.165, 1.54) is 30.3 Å². The van der Waals surface area contributed by atoms with Gasteiger partial charge in [0.15, 0.2) is 9.84 Å². The van der Waals surface area contributed by atoms with Gasteiger partial charge in [0.25, 0.3) is 10.0 Å². The molecule has 25 heavy (non-hydrogen) atoms. The summed E-state index contributed by atoms with van der Waals surface area (Å²) in [6.07, 6.45) is 1.96. The lowest BCUT2D eigenvalue weighted by Crippen LogP contribution is -2.16. The van der Waals surface area contributed by atoms with Gasteiger partial charge < -0.3 is 0 Å². The van der Waals surface area contributed by atoms with Crippen LogP contribution in [0.5, 0.6) is 0 Å². The average Bonchev–Trinajstić information content (AvgIpc) is 2.47. The maximum absolute atomic E-state index is 12.4. The molecule has 0 heterocycles. The largest absolute Gasteiger partial charge is 0.282 e. The maximum atomic E-state index is 12.4. The van der Waals surface area contributed by atoms with E-state index in [-0.39, 0.29) is 21.2 Å². The third-order valence-electron chi connectivity index (χ3n) is 3.03. The minimum Gasteiger partial charge on any atom is -0.282 e. The van der Waals surface area contributed by atoms with Crippen molar-refractivity contribution in [3.8, 4) is 0 Å². The molecule has 2 aromatic carbocycles. The molecule has 2 N–H and O–H groups in total. The maximum Gasteiger partial charge on any atom is 0.261 e. The number of benzene rings is 2. The molecule has 11 heteroatoms. The molecular weight excluding hydrogens is 388 g/mol. The zero-order valence-electron chi connectivity index (χ0n) is 13.3. The van der Waals surface area contributed by atoms with E-state index in [4.69, 9.17) is 0 Å². The number of nitrogens with one attached hydrogen (secondary N) is 2. The van der Waals surface area contributed by atoms with E-state index in [0.29, 0.717) is 0 Å². The van der Waals surface area contributed by atoms with Crippen molar-refractivity contribution < 1.29 is 25.3 Å². The molecule has 0 atom stereocenters. The van der Waals surface area contributed by atoms with Crippen LogP contribution >= 0.6 is 0 Å². The van der Waals surface area contributed by atoms with E-state index in [1.807, 2.05) is 0 Å². The van der Waals surface area contributed by atoms with Crippen LogP contribution in [-0.2, 0) is 29.9 Å². The minimum absolute atomic E-state index is 0.00871. The van der Waals surface area contributed by atoms with Crippen molar-refractivity contribution in [3.05, 3.63) is 48.5 Å². The molecule has 2 aromatic rings. The number of sulfonamides is 2. The van der Waals surface area contributed by atoms with Gasteiger partial charge >= 0.3 is 0 Å². The van der Waals surface area contributed by atoms with Gasteiger partial charge in [-0.3, -0.25) is 9.44 Å². The molecule has 0 aliphatic heterocycles. The van der Waals surface area contributed by atoms with E-state index in [2.05, 4.69) is 9.44 Å². The van der Waals surface area contributed by atoms with Crippen LogP contribution in [0.25, 0.3) is 0 Å². The number of anilines is 2. The number of rotatable bonds is 6. The summed E-state index contributed by atoms with van der Waals surface area (Å²) < 4.78 is 75.0. The molecule has 0 amide bonds. The predicted octanol–water partition coefficient (Wildman–Crippen LogP) is 1.26. The van der Waals surface area contributed by atoms with Crippen molar-refractivity contribution in [3.63, 3.8) is 0 Å². The molecule has 0 radical (unpaired) electrons. The molecule has 0 saturated heterocycles. The predicted molar refractivity (Wildman–Crippen MR) is 95.3 cm³/mol. The summed E-state index contributed by atoms with van der Waals surface area (Å²) in [7, 11) is -11.1. The lowest BCUT2D eigenvalue weighted by molar-refractivity contribution is 0.597. The van der Waals surface area contributed by atoms with Crippen LogP contribution in [0.4, 0.5) is 11.4 Å². The van der Waals surface area contributed by atoms with E-state index < -0.39 is 29.9 Å². The van der Waals surface area contributed by atoms with Crippen LogP contribution in [0.1, 0.15) is 0 Å². The van der Waals surface area contributed by atoms with Crippen LogP contribution in [0.15, 0.2) is 58.3 Å². The lowest BCUT2D eigenvalue weighted by Gasteiger charge is -2.13. The Kier molecular flexibility index (Phi) is 5.11. The number of hydrogen-bond donors (Lipinski definition) is 2. The first-order valence-corrected chi connectivity index (χ1v) is 12.0. The second-order valence-electron chi connectivity index (χ2n) is 5.27. The van der Waals surface area contributed by atoms with Gasteiger partial charge in [-0.25, -0.2) is 25.3 Å². The molecule has 0 fully saturated rings. The Morgan fingerprint density at radius 2 is 1.08 bits per heavy atom.